The number of nitrogens with zero attached hydrogens (tertiary/aromatic N) is 2. The lowest BCUT2D eigenvalue weighted by Gasteiger charge is -2.38. The standard InChI is InChI=1S/C17H25N3O3S/c1-3-14-13-7-11-24-15(13)6-10-20(14)16(21)18-12-4-8-19(9-5-12)17(22)23-2/h7,11-12,14H,3-6,8-10H2,1-2H3,(H,18,21). The molecule has 0 saturated carbocycles. The fourth-order valence-corrected chi connectivity index (χ4v) is 4.60. The van der Waals surface area contributed by atoms with Crippen molar-refractivity contribution in [2.24, 2.45) is 0 Å². The number of amides is 3. The van der Waals surface area contributed by atoms with Crippen molar-refractivity contribution in [3.05, 3.63) is 21.9 Å². The first-order valence-electron chi connectivity index (χ1n) is 8.60. The van der Waals surface area contributed by atoms with E-state index in [9.17, 15) is 9.59 Å². The van der Waals surface area contributed by atoms with Crippen LogP contribution in [-0.4, -0.2) is 54.7 Å². The highest BCUT2D eigenvalue weighted by molar-refractivity contribution is 7.10. The van der Waals surface area contributed by atoms with E-state index in [-0.39, 0.29) is 24.2 Å². The van der Waals surface area contributed by atoms with Crippen LogP contribution < -0.4 is 5.32 Å². The van der Waals surface area contributed by atoms with Crippen LogP contribution in [0.25, 0.3) is 0 Å². The maximum Gasteiger partial charge on any atom is 0.409 e. The molecule has 2 aliphatic rings. The van der Waals surface area contributed by atoms with Gasteiger partial charge in [-0.15, -0.1) is 11.3 Å². The highest BCUT2D eigenvalue weighted by atomic mass is 32.1. The summed E-state index contributed by atoms with van der Waals surface area (Å²) in [6.45, 7) is 4.17. The van der Waals surface area contributed by atoms with Crippen molar-refractivity contribution in [3.8, 4) is 0 Å². The van der Waals surface area contributed by atoms with Crippen LogP contribution in [0.3, 0.4) is 0 Å². The smallest absolute Gasteiger partial charge is 0.409 e. The van der Waals surface area contributed by atoms with Crippen LogP contribution in [0.1, 0.15) is 42.7 Å². The number of rotatable bonds is 2. The second-order valence-electron chi connectivity index (χ2n) is 6.35. The molecule has 6 nitrogen and oxygen atoms in total. The number of nitrogens with one attached hydrogen (secondary N) is 1. The number of carbonyl (C=O) groups excluding carboxylic acids is 2. The summed E-state index contributed by atoms with van der Waals surface area (Å²) in [5.74, 6) is 0. The third kappa shape index (κ3) is 3.36. The predicted octanol–water partition coefficient (Wildman–Crippen LogP) is 3.00. The van der Waals surface area contributed by atoms with Crippen molar-refractivity contribution in [3.63, 3.8) is 0 Å². The molecular weight excluding hydrogens is 326 g/mol. The number of urea groups is 1. The molecule has 1 atom stereocenters. The number of hydrogen-bond acceptors (Lipinski definition) is 4. The molecule has 1 N–H and O–H groups in total. The van der Waals surface area contributed by atoms with E-state index in [1.54, 1.807) is 16.2 Å². The number of hydrogen-bond donors (Lipinski definition) is 1. The molecule has 3 rings (SSSR count). The van der Waals surface area contributed by atoms with Gasteiger partial charge in [0.2, 0.25) is 0 Å². The summed E-state index contributed by atoms with van der Waals surface area (Å²) >= 11 is 1.79. The zero-order valence-corrected chi connectivity index (χ0v) is 15.1. The van der Waals surface area contributed by atoms with E-state index in [2.05, 4.69) is 23.7 Å². The minimum atomic E-state index is -0.285. The molecule has 24 heavy (non-hydrogen) atoms. The molecule has 132 valence electrons. The molecule has 1 unspecified atom stereocenters. The van der Waals surface area contributed by atoms with Crippen LogP contribution >= 0.6 is 11.3 Å². The molecule has 7 heteroatoms. The first-order chi connectivity index (χ1) is 11.6. The second kappa shape index (κ2) is 7.42. The van der Waals surface area contributed by atoms with Gasteiger partial charge < -0.3 is 19.9 Å². The van der Waals surface area contributed by atoms with Gasteiger partial charge in [0, 0.05) is 30.6 Å². The molecule has 0 aliphatic carbocycles. The molecule has 2 aliphatic heterocycles. The monoisotopic (exact) mass is 351 g/mol. The Morgan fingerprint density at radius 3 is 2.75 bits per heavy atom. The highest BCUT2D eigenvalue weighted by Crippen LogP contribution is 2.35. The Balaban J connectivity index is 1.57. The van der Waals surface area contributed by atoms with Gasteiger partial charge in [-0.3, -0.25) is 0 Å². The quantitative estimate of drug-likeness (QED) is 0.891. The normalized spacial score (nSPS) is 21.3. The predicted molar refractivity (Wildman–Crippen MR) is 93.3 cm³/mol. The Labute approximate surface area is 146 Å². The van der Waals surface area contributed by atoms with Gasteiger partial charge in [0.15, 0.2) is 0 Å². The van der Waals surface area contributed by atoms with Gasteiger partial charge in [0.1, 0.15) is 0 Å². The number of thiophene rings is 1. The van der Waals surface area contributed by atoms with E-state index < -0.39 is 0 Å². The third-order valence-corrected chi connectivity index (χ3v) is 5.99. The van der Waals surface area contributed by atoms with E-state index >= 15 is 0 Å². The number of ether oxygens (including phenoxy) is 1. The average Bonchev–Trinajstić information content (AvgIpc) is 3.09. The Morgan fingerprint density at radius 2 is 2.08 bits per heavy atom. The van der Waals surface area contributed by atoms with Crippen LogP contribution in [-0.2, 0) is 11.2 Å². The van der Waals surface area contributed by atoms with Crippen LogP contribution in [0, 0.1) is 0 Å². The number of fused-ring (bicyclic) bond motifs is 1. The topological polar surface area (TPSA) is 61.9 Å². The maximum absolute atomic E-state index is 12.8. The van der Waals surface area contributed by atoms with Gasteiger partial charge in [-0.2, -0.15) is 0 Å². The van der Waals surface area contributed by atoms with Crippen LogP contribution in [0.2, 0.25) is 0 Å². The largest absolute Gasteiger partial charge is 0.453 e. The van der Waals surface area contributed by atoms with E-state index in [1.165, 1.54) is 17.6 Å². The van der Waals surface area contributed by atoms with Crippen molar-refractivity contribution < 1.29 is 14.3 Å². The van der Waals surface area contributed by atoms with E-state index in [0.717, 1.165) is 32.2 Å². The van der Waals surface area contributed by atoms with Crippen molar-refractivity contribution in [2.75, 3.05) is 26.7 Å². The molecule has 1 aromatic rings. The van der Waals surface area contributed by atoms with E-state index in [4.69, 9.17) is 4.74 Å². The first-order valence-corrected chi connectivity index (χ1v) is 9.48. The van der Waals surface area contributed by atoms with Crippen molar-refractivity contribution in [1.29, 1.82) is 0 Å². The Kier molecular flexibility index (Phi) is 5.28. The van der Waals surface area contributed by atoms with Crippen LogP contribution in [0.4, 0.5) is 9.59 Å². The minimum absolute atomic E-state index is 0.0234. The molecule has 1 aromatic heterocycles. The molecule has 3 amide bonds. The van der Waals surface area contributed by atoms with E-state index in [1.807, 2.05) is 4.90 Å². The number of piperidine rings is 1. The Bertz CT molecular complexity index is 596. The molecule has 0 bridgehead atoms. The summed E-state index contributed by atoms with van der Waals surface area (Å²) in [5.41, 5.74) is 1.31. The van der Waals surface area contributed by atoms with Gasteiger partial charge in [-0.1, -0.05) is 6.92 Å². The van der Waals surface area contributed by atoms with Crippen molar-refractivity contribution >= 4 is 23.5 Å². The fourth-order valence-electron chi connectivity index (χ4n) is 3.67. The fraction of sp³-hybridized carbons (Fsp3) is 0.647. The van der Waals surface area contributed by atoms with Gasteiger partial charge in [0.05, 0.1) is 13.2 Å². The zero-order chi connectivity index (χ0) is 17.1. The van der Waals surface area contributed by atoms with Gasteiger partial charge in [0.25, 0.3) is 0 Å². The van der Waals surface area contributed by atoms with Gasteiger partial charge in [-0.25, -0.2) is 9.59 Å². The molecule has 0 spiro atoms. The summed E-state index contributed by atoms with van der Waals surface area (Å²) < 4.78 is 4.75. The lowest BCUT2D eigenvalue weighted by atomic mass is 9.98. The lowest BCUT2D eigenvalue weighted by molar-refractivity contribution is 0.108. The maximum atomic E-state index is 12.8. The SMILES string of the molecule is CCC1c2ccsc2CCN1C(=O)NC1CCN(C(=O)OC)CC1. The van der Waals surface area contributed by atoms with Gasteiger partial charge >= 0.3 is 12.1 Å². The summed E-state index contributed by atoms with van der Waals surface area (Å²) in [5, 5.41) is 5.29. The summed E-state index contributed by atoms with van der Waals surface area (Å²) in [6, 6.07) is 2.48. The highest BCUT2D eigenvalue weighted by Gasteiger charge is 2.32. The number of methoxy groups -OCH3 is 1. The third-order valence-electron chi connectivity index (χ3n) is 5.00. The number of likely N-dealkylation sites (tertiary alicyclic amines) is 1. The Morgan fingerprint density at radius 1 is 1.33 bits per heavy atom. The van der Waals surface area contributed by atoms with Gasteiger partial charge in [-0.05, 0) is 42.7 Å². The lowest BCUT2D eigenvalue weighted by Crippen LogP contribution is -2.52. The van der Waals surface area contributed by atoms with E-state index in [0.29, 0.717) is 13.1 Å². The molecule has 0 radical (unpaired) electrons. The summed E-state index contributed by atoms with van der Waals surface area (Å²) in [4.78, 5) is 29.4. The number of carbonyl (C=O) groups is 2. The molecule has 3 heterocycles. The molecule has 0 aromatic carbocycles. The average molecular weight is 351 g/mol. The van der Waals surface area contributed by atoms with Crippen LogP contribution in [0.5, 0.6) is 0 Å². The molecular formula is C17H25N3O3S. The molecule has 1 saturated heterocycles. The Hall–Kier alpha value is -1.76. The summed E-state index contributed by atoms with van der Waals surface area (Å²) in [6.07, 6.45) is 3.13. The molecule has 1 fully saturated rings. The zero-order valence-electron chi connectivity index (χ0n) is 14.3. The minimum Gasteiger partial charge on any atom is -0.453 e. The van der Waals surface area contributed by atoms with Crippen molar-refractivity contribution in [1.82, 2.24) is 15.1 Å². The summed E-state index contributed by atoms with van der Waals surface area (Å²) in [7, 11) is 1.40. The first kappa shape index (κ1) is 17.1. The second-order valence-corrected chi connectivity index (χ2v) is 7.35. The van der Waals surface area contributed by atoms with Crippen molar-refractivity contribution in [2.45, 2.75) is 44.7 Å². The van der Waals surface area contributed by atoms with Crippen LogP contribution in [0.15, 0.2) is 11.4 Å².